The molecule has 6 heteroatoms. The average Bonchev–Trinajstić information content (AvgIpc) is 3.57. The van der Waals surface area contributed by atoms with Gasteiger partial charge in [-0.15, -0.1) is 0 Å². The van der Waals surface area contributed by atoms with E-state index in [9.17, 15) is 4.79 Å². The van der Waals surface area contributed by atoms with E-state index in [4.69, 9.17) is 4.98 Å². The van der Waals surface area contributed by atoms with Gasteiger partial charge in [0, 0.05) is 43.7 Å². The standard InChI is InChI=1S/C20H25N5O/c26-19-6-5-17(15-1-2-15)23-25(19)13-14-8-11-24(12-9-14)18-7-10-21-20(22-18)16-3-4-16/h5-7,10,14-16H,1-4,8-9,11-13H2. The number of nitrogens with zero attached hydrogens (tertiary/aromatic N) is 5. The number of hydrogen-bond acceptors (Lipinski definition) is 5. The summed E-state index contributed by atoms with van der Waals surface area (Å²) in [4.78, 5) is 23.7. The van der Waals surface area contributed by atoms with Crippen LogP contribution < -0.4 is 10.5 Å². The van der Waals surface area contributed by atoms with Crippen LogP contribution in [0.1, 0.15) is 61.9 Å². The Labute approximate surface area is 153 Å². The first-order valence-electron chi connectivity index (χ1n) is 9.92. The van der Waals surface area contributed by atoms with Gasteiger partial charge in [-0.25, -0.2) is 14.6 Å². The highest BCUT2D eigenvalue weighted by Gasteiger charge is 2.28. The highest BCUT2D eigenvalue weighted by Crippen LogP contribution is 2.39. The molecule has 26 heavy (non-hydrogen) atoms. The summed E-state index contributed by atoms with van der Waals surface area (Å²) < 4.78 is 1.70. The molecule has 2 aromatic heterocycles. The Hall–Kier alpha value is -2.24. The summed E-state index contributed by atoms with van der Waals surface area (Å²) in [6.45, 7) is 2.72. The molecule has 2 aliphatic carbocycles. The van der Waals surface area contributed by atoms with Crippen LogP contribution in [0.15, 0.2) is 29.2 Å². The van der Waals surface area contributed by atoms with Gasteiger partial charge in [0.1, 0.15) is 11.6 Å². The highest BCUT2D eigenvalue weighted by molar-refractivity contribution is 5.38. The summed E-state index contributed by atoms with van der Waals surface area (Å²) in [6, 6.07) is 5.62. The molecular formula is C20H25N5O. The summed E-state index contributed by atoms with van der Waals surface area (Å²) in [5.74, 6) is 3.76. The normalized spacial score (nSPS) is 21.2. The van der Waals surface area contributed by atoms with E-state index in [2.05, 4.69) is 15.0 Å². The van der Waals surface area contributed by atoms with E-state index in [1.54, 1.807) is 10.7 Å². The average molecular weight is 351 g/mol. The quantitative estimate of drug-likeness (QED) is 0.829. The molecule has 0 bridgehead atoms. The van der Waals surface area contributed by atoms with Crippen molar-refractivity contribution in [3.63, 3.8) is 0 Å². The Morgan fingerprint density at radius 1 is 0.962 bits per heavy atom. The minimum Gasteiger partial charge on any atom is -0.356 e. The second kappa shape index (κ2) is 6.49. The zero-order chi connectivity index (χ0) is 17.5. The van der Waals surface area contributed by atoms with Gasteiger partial charge in [-0.05, 0) is 56.6 Å². The molecule has 0 aromatic carbocycles. The fourth-order valence-corrected chi connectivity index (χ4v) is 3.86. The molecule has 1 aliphatic heterocycles. The van der Waals surface area contributed by atoms with Gasteiger partial charge >= 0.3 is 0 Å². The van der Waals surface area contributed by atoms with E-state index in [1.807, 2.05) is 18.3 Å². The molecule has 3 fully saturated rings. The van der Waals surface area contributed by atoms with Crippen LogP contribution in [0, 0.1) is 5.92 Å². The number of aromatic nitrogens is 4. The highest BCUT2D eigenvalue weighted by atomic mass is 16.1. The van der Waals surface area contributed by atoms with Crippen LogP contribution in [0.5, 0.6) is 0 Å². The first-order chi connectivity index (χ1) is 12.8. The fourth-order valence-electron chi connectivity index (χ4n) is 3.86. The number of hydrogen-bond donors (Lipinski definition) is 0. The number of piperidine rings is 1. The molecule has 0 spiro atoms. The molecule has 0 amide bonds. The number of rotatable bonds is 5. The van der Waals surface area contributed by atoms with Crippen molar-refractivity contribution in [1.82, 2.24) is 19.7 Å². The van der Waals surface area contributed by atoms with Crippen molar-refractivity contribution in [2.45, 2.75) is 56.9 Å². The van der Waals surface area contributed by atoms with Crippen molar-refractivity contribution in [1.29, 1.82) is 0 Å². The Kier molecular flexibility index (Phi) is 3.98. The maximum Gasteiger partial charge on any atom is 0.266 e. The van der Waals surface area contributed by atoms with Crippen molar-refractivity contribution < 1.29 is 0 Å². The maximum atomic E-state index is 12.2. The molecule has 136 valence electrons. The first kappa shape index (κ1) is 16.0. The van der Waals surface area contributed by atoms with Crippen LogP contribution >= 0.6 is 0 Å². The van der Waals surface area contributed by atoms with Crippen LogP contribution in [0.3, 0.4) is 0 Å². The van der Waals surface area contributed by atoms with Gasteiger partial charge in [0.15, 0.2) is 0 Å². The minimum absolute atomic E-state index is 0.0294. The van der Waals surface area contributed by atoms with E-state index in [0.717, 1.165) is 49.8 Å². The second-order valence-electron chi connectivity index (χ2n) is 8.03. The number of anilines is 1. The predicted octanol–water partition coefficient (Wildman–Crippen LogP) is 2.70. The molecule has 2 aromatic rings. The SMILES string of the molecule is O=c1ccc(C2CC2)nn1CC1CCN(c2ccnc(C3CC3)n2)CC1. The lowest BCUT2D eigenvalue weighted by atomic mass is 9.97. The van der Waals surface area contributed by atoms with Crippen molar-refractivity contribution in [3.8, 4) is 0 Å². The van der Waals surface area contributed by atoms with Gasteiger partial charge in [0.2, 0.25) is 0 Å². The molecule has 3 heterocycles. The Balaban J connectivity index is 1.23. The second-order valence-corrected chi connectivity index (χ2v) is 8.03. The van der Waals surface area contributed by atoms with Crippen molar-refractivity contribution >= 4 is 5.82 Å². The van der Waals surface area contributed by atoms with Crippen molar-refractivity contribution in [2.24, 2.45) is 5.92 Å². The Morgan fingerprint density at radius 2 is 1.73 bits per heavy atom. The third kappa shape index (κ3) is 3.37. The molecule has 5 rings (SSSR count). The largest absolute Gasteiger partial charge is 0.356 e. The van der Waals surface area contributed by atoms with Crippen LogP contribution in [-0.4, -0.2) is 32.8 Å². The fraction of sp³-hybridized carbons (Fsp3) is 0.600. The van der Waals surface area contributed by atoms with Crippen molar-refractivity contribution in [2.75, 3.05) is 18.0 Å². The summed E-state index contributed by atoms with van der Waals surface area (Å²) in [5.41, 5.74) is 1.12. The predicted molar refractivity (Wildman–Crippen MR) is 99.4 cm³/mol. The van der Waals surface area contributed by atoms with E-state index < -0.39 is 0 Å². The molecule has 0 radical (unpaired) electrons. The van der Waals surface area contributed by atoms with Gasteiger partial charge < -0.3 is 4.90 Å². The summed E-state index contributed by atoms with van der Waals surface area (Å²) >= 11 is 0. The smallest absolute Gasteiger partial charge is 0.266 e. The maximum absolute atomic E-state index is 12.2. The van der Waals surface area contributed by atoms with Gasteiger partial charge in [-0.2, -0.15) is 5.10 Å². The van der Waals surface area contributed by atoms with Gasteiger partial charge in [0.05, 0.1) is 5.69 Å². The van der Waals surface area contributed by atoms with Crippen LogP contribution in [0.2, 0.25) is 0 Å². The first-order valence-corrected chi connectivity index (χ1v) is 9.92. The van der Waals surface area contributed by atoms with E-state index in [0.29, 0.717) is 17.8 Å². The molecule has 0 unspecified atom stereocenters. The zero-order valence-electron chi connectivity index (χ0n) is 15.0. The lowest BCUT2D eigenvalue weighted by Gasteiger charge is -2.32. The van der Waals surface area contributed by atoms with E-state index >= 15 is 0 Å². The third-order valence-electron chi connectivity index (χ3n) is 5.85. The monoisotopic (exact) mass is 351 g/mol. The molecular weight excluding hydrogens is 326 g/mol. The Bertz CT molecular complexity index is 847. The van der Waals surface area contributed by atoms with Gasteiger partial charge in [-0.3, -0.25) is 4.79 Å². The van der Waals surface area contributed by atoms with Gasteiger partial charge in [0.25, 0.3) is 5.56 Å². The lowest BCUT2D eigenvalue weighted by molar-refractivity contribution is 0.332. The molecule has 6 nitrogen and oxygen atoms in total. The van der Waals surface area contributed by atoms with Crippen LogP contribution in [0.25, 0.3) is 0 Å². The molecule has 3 aliphatic rings. The van der Waals surface area contributed by atoms with E-state index in [1.165, 1.54) is 25.7 Å². The minimum atomic E-state index is 0.0294. The zero-order valence-corrected chi connectivity index (χ0v) is 15.0. The Morgan fingerprint density at radius 3 is 2.46 bits per heavy atom. The summed E-state index contributed by atoms with van der Waals surface area (Å²) in [7, 11) is 0. The van der Waals surface area contributed by atoms with Crippen molar-refractivity contribution in [3.05, 3.63) is 46.3 Å². The molecule has 0 N–H and O–H groups in total. The molecule has 0 atom stereocenters. The lowest BCUT2D eigenvalue weighted by Crippen LogP contribution is -2.37. The summed E-state index contributed by atoms with van der Waals surface area (Å²) in [6.07, 6.45) is 8.93. The van der Waals surface area contributed by atoms with E-state index in [-0.39, 0.29) is 5.56 Å². The molecule has 1 saturated heterocycles. The van der Waals surface area contributed by atoms with Crippen LogP contribution in [0.4, 0.5) is 5.82 Å². The third-order valence-corrected chi connectivity index (χ3v) is 5.85. The summed E-state index contributed by atoms with van der Waals surface area (Å²) in [5, 5.41) is 4.61. The topological polar surface area (TPSA) is 63.9 Å². The van der Waals surface area contributed by atoms with Gasteiger partial charge in [-0.1, -0.05) is 0 Å². The van der Waals surface area contributed by atoms with Crippen LogP contribution in [-0.2, 0) is 6.54 Å². The molecule has 2 saturated carbocycles.